The highest BCUT2D eigenvalue weighted by molar-refractivity contribution is 5.98. The van der Waals surface area contributed by atoms with Crippen LogP contribution in [0.1, 0.15) is 0 Å². The lowest BCUT2D eigenvalue weighted by Crippen LogP contribution is -2.36. The van der Waals surface area contributed by atoms with Crippen LogP contribution in [0.2, 0.25) is 0 Å². The maximum atomic E-state index is 11.1. The van der Waals surface area contributed by atoms with Crippen molar-refractivity contribution >= 4 is 11.7 Å². The summed E-state index contributed by atoms with van der Waals surface area (Å²) < 4.78 is 5.06. The minimum atomic E-state index is -1.07. The molecule has 13 heavy (non-hydrogen) atoms. The number of aromatic nitrogens is 1. The maximum Gasteiger partial charge on any atom is 0.281 e. The first-order chi connectivity index (χ1) is 6.31. The molecule has 0 bridgehead atoms. The molecule has 5 nitrogen and oxygen atoms in total. The van der Waals surface area contributed by atoms with Gasteiger partial charge in [-0.25, -0.2) is 4.98 Å². The van der Waals surface area contributed by atoms with Gasteiger partial charge in [0, 0.05) is 6.20 Å². The van der Waals surface area contributed by atoms with Crippen LogP contribution < -0.4 is 10.1 Å². The molecule has 1 aliphatic heterocycles. The van der Waals surface area contributed by atoms with Gasteiger partial charge in [-0.3, -0.25) is 4.79 Å². The average Bonchev–Trinajstić information content (AvgIpc) is 2.17. The van der Waals surface area contributed by atoms with Crippen LogP contribution >= 0.6 is 0 Å². The van der Waals surface area contributed by atoms with Crippen LogP contribution in [0.15, 0.2) is 18.3 Å². The molecule has 2 rings (SSSR count). The van der Waals surface area contributed by atoms with Crippen LogP contribution in [0.3, 0.4) is 0 Å². The van der Waals surface area contributed by atoms with E-state index < -0.39 is 12.0 Å². The fraction of sp³-hybridized carbons (Fsp3) is 0.125. The second kappa shape index (κ2) is 2.75. The lowest BCUT2D eigenvalue weighted by atomic mass is 10.3. The molecule has 1 amide bonds. The van der Waals surface area contributed by atoms with E-state index in [1.165, 1.54) is 6.20 Å². The van der Waals surface area contributed by atoms with Gasteiger partial charge in [0.15, 0.2) is 11.6 Å². The zero-order valence-corrected chi connectivity index (χ0v) is 6.52. The van der Waals surface area contributed by atoms with E-state index in [1.807, 2.05) is 0 Å². The van der Waals surface area contributed by atoms with Crippen LogP contribution in [0.25, 0.3) is 0 Å². The number of rotatable bonds is 0. The lowest BCUT2D eigenvalue weighted by molar-refractivity contribution is -0.121. The van der Waals surface area contributed by atoms with Crippen molar-refractivity contribution in [2.45, 2.75) is 6.10 Å². The minimum absolute atomic E-state index is 0.360. The van der Waals surface area contributed by atoms with Gasteiger partial charge in [-0.05, 0) is 12.1 Å². The summed E-state index contributed by atoms with van der Waals surface area (Å²) in [5.41, 5.74) is 0. The zero-order valence-electron chi connectivity index (χ0n) is 6.52. The highest BCUT2D eigenvalue weighted by Crippen LogP contribution is 2.25. The van der Waals surface area contributed by atoms with E-state index in [2.05, 4.69) is 10.3 Å². The molecule has 1 aliphatic rings. The molecule has 1 unspecified atom stereocenters. The summed E-state index contributed by atoms with van der Waals surface area (Å²) in [6.45, 7) is 0. The third-order valence-electron chi connectivity index (χ3n) is 1.61. The normalized spacial score (nSPS) is 19.3. The van der Waals surface area contributed by atoms with E-state index in [-0.39, 0.29) is 0 Å². The molecule has 0 radical (unpaired) electrons. The van der Waals surface area contributed by atoms with E-state index in [0.29, 0.717) is 11.6 Å². The number of nitrogens with one attached hydrogen (secondary N) is 1. The summed E-state index contributed by atoms with van der Waals surface area (Å²) in [6, 6.07) is 5.05. The highest BCUT2D eigenvalue weighted by atomic mass is 16.5. The quantitative estimate of drug-likeness (QED) is 0.615. The second-order valence-corrected chi connectivity index (χ2v) is 2.47. The standard InChI is InChI=1S/C8H5N3O2/c9-4-6-8(12)11-7-5(13-6)2-1-3-10-7/h1-3,6H,(H,10,11,12). The van der Waals surface area contributed by atoms with Crippen molar-refractivity contribution in [3.63, 3.8) is 0 Å². The Morgan fingerprint density at radius 1 is 1.69 bits per heavy atom. The Labute approximate surface area is 74.0 Å². The molecule has 1 N–H and O–H groups in total. The Balaban J connectivity index is 2.39. The first kappa shape index (κ1) is 7.55. The number of carbonyl (C=O) groups is 1. The third kappa shape index (κ3) is 1.18. The molecule has 0 aliphatic carbocycles. The molecular weight excluding hydrogens is 170 g/mol. The summed E-state index contributed by atoms with van der Waals surface area (Å²) in [7, 11) is 0. The van der Waals surface area contributed by atoms with Crippen LogP contribution in [0.4, 0.5) is 5.82 Å². The molecule has 0 spiro atoms. The Bertz CT molecular complexity index is 397. The SMILES string of the molecule is N#CC1Oc2cccnc2NC1=O. The summed E-state index contributed by atoms with van der Waals surface area (Å²) in [4.78, 5) is 15.0. The predicted octanol–water partition coefficient (Wildman–Crippen LogP) is 0.305. The molecule has 0 saturated carbocycles. The van der Waals surface area contributed by atoms with Gasteiger partial charge in [-0.2, -0.15) is 5.26 Å². The van der Waals surface area contributed by atoms with Crippen molar-refractivity contribution in [1.29, 1.82) is 5.26 Å². The number of fused-ring (bicyclic) bond motifs is 1. The molecule has 0 aromatic carbocycles. The van der Waals surface area contributed by atoms with E-state index in [9.17, 15) is 4.79 Å². The van der Waals surface area contributed by atoms with E-state index in [4.69, 9.17) is 10.00 Å². The summed E-state index contributed by atoms with van der Waals surface area (Å²) >= 11 is 0. The molecule has 5 heteroatoms. The van der Waals surface area contributed by atoms with Gasteiger partial charge in [0.1, 0.15) is 6.07 Å². The fourth-order valence-electron chi connectivity index (χ4n) is 1.03. The smallest absolute Gasteiger partial charge is 0.281 e. The first-order valence-electron chi connectivity index (χ1n) is 3.63. The highest BCUT2D eigenvalue weighted by Gasteiger charge is 2.27. The number of hydrogen-bond donors (Lipinski definition) is 1. The number of ether oxygens (including phenoxy) is 1. The third-order valence-corrected chi connectivity index (χ3v) is 1.61. The van der Waals surface area contributed by atoms with Crippen molar-refractivity contribution in [2.75, 3.05) is 5.32 Å². The number of amides is 1. The van der Waals surface area contributed by atoms with Gasteiger partial charge >= 0.3 is 0 Å². The maximum absolute atomic E-state index is 11.1. The number of hydrogen-bond acceptors (Lipinski definition) is 4. The van der Waals surface area contributed by atoms with Crippen molar-refractivity contribution in [3.8, 4) is 11.8 Å². The molecule has 1 aromatic heterocycles. The van der Waals surface area contributed by atoms with Crippen LogP contribution in [-0.4, -0.2) is 17.0 Å². The number of nitrogens with zero attached hydrogens (tertiary/aromatic N) is 2. The molecule has 1 atom stereocenters. The van der Waals surface area contributed by atoms with E-state index >= 15 is 0 Å². The van der Waals surface area contributed by atoms with Crippen LogP contribution in [0, 0.1) is 11.3 Å². The monoisotopic (exact) mass is 175 g/mol. The van der Waals surface area contributed by atoms with Crippen LogP contribution in [0.5, 0.6) is 5.75 Å². The van der Waals surface area contributed by atoms with Crippen molar-refractivity contribution in [1.82, 2.24) is 4.98 Å². The average molecular weight is 175 g/mol. The van der Waals surface area contributed by atoms with Crippen molar-refractivity contribution < 1.29 is 9.53 Å². The van der Waals surface area contributed by atoms with Gasteiger partial charge in [0.25, 0.3) is 12.0 Å². The zero-order chi connectivity index (χ0) is 9.26. The molecule has 1 aromatic rings. The van der Waals surface area contributed by atoms with Crippen molar-refractivity contribution in [2.24, 2.45) is 0 Å². The molecule has 2 heterocycles. The van der Waals surface area contributed by atoms with Gasteiger partial charge in [-0.1, -0.05) is 0 Å². The van der Waals surface area contributed by atoms with Crippen molar-refractivity contribution in [3.05, 3.63) is 18.3 Å². The Hall–Kier alpha value is -2.09. The summed E-state index contributed by atoms with van der Waals surface area (Å²) in [5.74, 6) is 0.307. The second-order valence-electron chi connectivity index (χ2n) is 2.47. The number of nitriles is 1. The van der Waals surface area contributed by atoms with Gasteiger partial charge in [0.2, 0.25) is 0 Å². The van der Waals surface area contributed by atoms with Gasteiger partial charge in [-0.15, -0.1) is 0 Å². The number of carbonyl (C=O) groups excluding carboxylic acids is 1. The van der Waals surface area contributed by atoms with Gasteiger partial charge < -0.3 is 10.1 Å². The van der Waals surface area contributed by atoms with Crippen LogP contribution in [-0.2, 0) is 4.79 Å². The Morgan fingerprint density at radius 3 is 3.31 bits per heavy atom. The van der Waals surface area contributed by atoms with E-state index in [1.54, 1.807) is 18.2 Å². The Kier molecular flexibility index (Phi) is 1.60. The number of pyridine rings is 1. The minimum Gasteiger partial charge on any atom is -0.462 e. The largest absolute Gasteiger partial charge is 0.462 e. The van der Waals surface area contributed by atoms with Gasteiger partial charge in [0.05, 0.1) is 0 Å². The molecule has 64 valence electrons. The summed E-state index contributed by atoms with van der Waals surface area (Å²) in [6.07, 6.45) is 0.464. The topological polar surface area (TPSA) is 75.0 Å². The fourth-order valence-corrected chi connectivity index (χ4v) is 1.03. The Morgan fingerprint density at radius 2 is 2.54 bits per heavy atom. The molecular formula is C8H5N3O2. The predicted molar refractivity (Wildman–Crippen MR) is 42.9 cm³/mol. The molecule has 0 saturated heterocycles. The number of anilines is 1. The summed E-state index contributed by atoms with van der Waals surface area (Å²) in [5, 5.41) is 11.0. The van der Waals surface area contributed by atoms with E-state index in [0.717, 1.165) is 0 Å². The first-order valence-corrected chi connectivity index (χ1v) is 3.63. The lowest BCUT2D eigenvalue weighted by Gasteiger charge is -2.19. The molecule has 0 fully saturated rings.